The molecule has 110 valence electrons. The van der Waals surface area contributed by atoms with E-state index in [0.717, 1.165) is 34.6 Å². The van der Waals surface area contributed by atoms with Gasteiger partial charge in [0.2, 0.25) is 11.8 Å². The average molecular weight is 305 g/mol. The third-order valence-electron chi connectivity index (χ3n) is 2.71. The molecule has 1 heterocycles. The van der Waals surface area contributed by atoms with Crippen molar-refractivity contribution in [2.45, 2.75) is 19.0 Å². The van der Waals surface area contributed by atoms with Gasteiger partial charge >= 0.3 is 0 Å². The van der Waals surface area contributed by atoms with Crippen LogP contribution in [-0.2, 0) is 4.79 Å². The smallest absolute Gasteiger partial charge is 0.255 e. The van der Waals surface area contributed by atoms with E-state index in [1.807, 2.05) is 32.0 Å². The first-order chi connectivity index (χ1) is 9.94. The number of hydrogen-bond acceptors (Lipinski definition) is 5. The van der Waals surface area contributed by atoms with E-state index in [-0.39, 0.29) is 22.7 Å². The number of aromatic hydroxyl groups is 1. The van der Waals surface area contributed by atoms with Gasteiger partial charge in [-0.15, -0.1) is 0 Å². The van der Waals surface area contributed by atoms with E-state index >= 15 is 0 Å². The molecule has 0 fully saturated rings. The van der Waals surface area contributed by atoms with Gasteiger partial charge in [0.15, 0.2) is 5.16 Å². The molecule has 3 N–H and O–H groups in total. The van der Waals surface area contributed by atoms with Crippen LogP contribution in [0.5, 0.6) is 5.88 Å². The lowest BCUT2D eigenvalue weighted by Gasteiger charge is -2.09. The summed E-state index contributed by atoms with van der Waals surface area (Å²) < 4.78 is 0. The molecule has 0 saturated heterocycles. The summed E-state index contributed by atoms with van der Waals surface area (Å²) in [6.07, 6.45) is 0. The van der Waals surface area contributed by atoms with E-state index in [4.69, 9.17) is 0 Å². The molecule has 7 heteroatoms. The Morgan fingerprint density at radius 2 is 2.14 bits per heavy atom. The molecule has 0 saturated carbocycles. The molecule has 0 spiro atoms. The van der Waals surface area contributed by atoms with Gasteiger partial charge in [0.05, 0.1) is 11.8 Å². The summed E-state index contributed by atoms with van der Waals surface area (Å²) in [7, 11) is 0. The van der Waals surface area contributed by atoms with Crippen LogP contribution in [0.25, 0.3) is 0 Å². The van der Waals surface area contributed by atoms with E-state index in [9.17, 15) is 14.7 Å². The van der Waals surface area contributed by atoms with Crippen LogP contribution in [0.4, 0.5) is 5.69 Å². The number of carbonyl (C=O) groups excluding carboxylic acids is 1. The van der Waals surface area contributed by atoms with Gasteiger partial charge in [0.1, 0.15) is 0 Å². The number of rotatable bonds is 4. The van der Waals surface area contributed by atoms with Crippen molar-refractivity contribution in [1.82, 2.24) is 9.97 Å². The molecule has 6 nitrogen and oxygen atoms in total. The van der Waals surface area contributed by atoms with Crippen molar-refractivity contribution in [3.63, 3.8) is 0 Å². The summed E-state index contributed by atoms with van der Waals surface area (Å²) >= 11 is 1.05. The van der Waals surface area contributed by atoms with Crippen LogP contribution >= 0.6 is 11.8 Å². The second kappa shape index (κ2) is 6.45. The van der Waals surface area contributed by atoms with Gasteiger partial charge in [-0.05, 0) is 31.0 Å². The molecule has 0 radical (unpaired) electrons. The summed E-state index contributed by atoms with van der Waals surface area (Å²) in [5.41, 5.74) is 2.34. The Morgan fingerprint density at radius 1 is 1.38 bits per heavy atom. The van der Waals surface area contributed by atoms with Gasteiger partial charge in [-0.3, -0.25) is 9.59 Å². The highest BCUT2D eigenvalue weighted by atomic mass is 32.2. The Balaban J connectivity index is 1.99. The Morgan fingerprint density at radius 3 is 2.86 bits per heavy atom. The average Bonchev–Trinajstić information content (AvgIpc) is 2.40. The number of nitrogens with zero attached hydrogens (tertiary/aromatic N) is 1. The predicted molar refractivity (Wildman–Crippen MR) is 81.8 cm³/mol. The number of carbonyl (C=O) groups is 1. The largest absolute Gasteiger partial charge is 0.493 e. The van der Waals surface area contributed by atoms with E-state index in [1.165, 1.54) is 0 Å². The Labute approximate surface area is 125 Å². The van der Waals surface area contributed by atoms with Crippen molar-refractivity contribution in [3.05, 3.63) is 45.7 Å². The lowest BCUT2D eigenvalue weighted by atomic mass is 10.1. The van der Waals surface area contributed by atoms with Crippen LogP contribution < -0.4 is 10.9 Å². The Hall–Kier alpha value is -2.28. The molecule has 21 heavy (non-hydrogen) atoms. The molecule has 0 aliphatic heterocycles. The lowest BCUT2D eigenvalue weighted by Crippen LogP contribution is -2.16. The summed E-state index contributed by atoms with van der Waals surface area (Å²) in [4.78, 5) is 29.2. The van der Waals surface area contributed by atoms with Gasteiger partial charge < -0.3 is 15.4 Å². The zero-order valence-corrected chi connectivity index (χ0v) is 12.5. The number of aromatic amines is 1. The second-order valence-corrected chi connectivity index (χ2v) is 5.53. The number of thioether (sulfide) groups is 1. The maximum absolute atomic E-state index is 11.9. The van der Waals surface area contributed by atoms with Crippen LogP contribution in [0.3, 0.4) is 0 Å². The first kappa shape index (κ1) is 15.1. The number of H-pyrrole nitrogens is 1. The third kappa shape index (κ3) is 4.35. The molecule has 2 rings (SSSR count). The highest BCUT2D eigenvalue weighted by Crippen LogP contribution is 2.18. The molecule has 2 aromatic rings. The van der Waals surface area contributed by atoms with Gasteiger partial charge in [0.25, 0.3) is 5.56 Å². The molecular weight excluding hydrogens is 290 g/mol. The monoisotopic (exact) mass is 305 g/mol. The molecule has 0 atom stereocenters. The standard InChI is InChI=1S/C14H15N3O3S/c1-8-3-4-9(2)10(5-8)15-13(20)7-21-14-16-11(18)6-12(19)17-14/h3-6H,7H2,1-2H3,(H,15,20)(H2,16,17,18,19). The summed E-state index contributed by atoms with van der Waals surface area (Å²) in [6.45, 7) is 3.86. The number of benzene rings is 1. The van der Waals surface area contributed by atoms with Gasteiger partial charge in [-0.1, -0.05) is 23.9 Å². The van der Waals surface area contributed by atoms with Crippen molar-refractivity contribution in [2.75, 3.05) is 11.1 Å². The molecule has 1 aromatic carbocycles. The number of amides is 1. The maximum atomic E-state index is 11.9. The second-order valence-electron chi connectivity index (χ2n) is 4.56. The molecule has 1 aromatic heterocycles. The van der Waals surface area contributed by atoms with Crippen LogP contribution in [0.1, 0.15) is 11.1 Å². The molecule has 0 unspecified atom stereocenters. The summed E-state index contributed by atoms with van der Waals surface area (Å²) in [5.74, 6) is -0.490. The molecule has 0 aliphatic rings. The SMILES string of the molecule is Cc1ccc(C)c(NC(=O)CSc2nc(O)cc(=O)[nH]2)c1. The van der Waals surface area contributed by atoms with E-state index in [1.54, 1.807) is 0 Å². The first-order valence-corrected chi connectivity index (χ1v) is 7.23. The van der Waals surface area contributed by atoms with Crippen molar-refractivity contribution in [3.8, 4) is 5.88 Å². The van der Waals surface area contributed by atoms with Crippen molar-refractivity contribution < 1.29 is 9.90 Å². The fourth-order valence-corrected chi connectivity index (χ4v) is 2.35. The minimum Gasteiger partial charge on any atom is -0.493 e. The predicted octanol–water partition coefficient (Wildman–Crippen LogP) is 1.82. The summed E-state index contributed by atoms with van der Waals surface area (Å²) in [6, 6.07) is 6.78. The highest BCUT2D eigenvalue weighted by Gasteiger charge is 2.08. The van der Waals surface area contributed by atoms with Gasteiger partial charge in [-0.2, -0.15) is 4.98 Å². The van der Waals surface area contributed by atoms with Crippen LogP contribution in [-0.4, -0.2) is 26.7 Å². The van der Waals surface area contributed by atoms with Crippen LogP contribution in [0.2, 0.25) is 0 Å². The first-order valence-electron chi connectivity index (χ1n) is 6.24. The zero-order chi connectivity index (χ0) is 15.4. The molecular formula is C14H15N3O3S. The minimum absolute atomic E-state index is 0.0831. The van der Waals surface area contributed by atoms with E-state index in [2.05, 4.69) is 15.3 Å². The number of anilines is 1. The Kier molecular flexibility index (Phi) is 4.64. The van der Waals surface area contributed by atoms with Gasteiger partial charge in [-0.25, -0.2) is 0 Å². The van der Waals surface area contributed by atoms with E-state index in [0.29, 0.717) is 0 Å². The molecule has 0 aliphatic carbocycles. The van der Waals surface area contributed by atoms with Crippen LogP contribution in [0, 0.1) is 13.8 Å². The number of nitrogens with one attached hydrogen (secondary N) is 2. The lowest BCUT2D eigenvalue weighted by molar-refractivity contribution is -0.113. The highest BCUT2D eigenvalue weighted by molar-refractivity contribution is 7.99. The van der Waals surface area contributed by atoms with Crippen LogP contribution in [0.15, 0.2) is 34.2 Å². The Bertz CT molecular complexity index is 728. The number of aryl methyl sites for hydroxylation is 2. The zero-order valence-electron chi connectivity index (χ0n) is 11.6. The summed E-state index contributed by atoms with van der Waals surface area (Å²) in [5, 5.41) is 12.2. The number of hydrogen-bond donors (Lipinski definition) is 3. The topological polar surface area (TPSA) is 95.1 Å². The van der Waals surface area contributed by atoms with Crippen molar-refractivity contribution in [1.29, 1.82) is 0 Å². The fourth-order valence-electron chi connectivity index (χ4n) is 1.68. The molecule has 0 bridgehead atoms. The molecule has 1 amide bonds. The maximum Gasteiger partial charge on any atom is 0.255 e. The van der Waals surface area contributed by atoms with Crippen molar-refractivity contribution in [2.24, 2.45) is 0 Å². The fraction of sp³-hybridized carbons (Fsp3) is 0.214. The third-order valence-corrected chi connectivity index (χ3v) is 3.59. The minimum atomic E-state index is -0.458. The van der Waals surface area contributed by atoms with Crippen molar-refractivity contribution >= 4 is 23.4 Å². The number of aromatic nitrogens is 2. The normalized spacial score (nSPS) is 10.4. The van der Waals surface area contributed by atoms with E-state index < -0.39 is 5.56 Å². The van der Waals surface area contributed by atoms with Gasteiger partial charge in [0, 0.05) is 5.69 Å². The quantitative estimate of drug-likeness (QED) is 0.591.